The molecule has 1 N–H and O–H groups in total. The Hall–Kier alpha value is -1.20. The SMILES string of the molecule is CC(c1c(F)cccc1F)N1CCC(C(=O)O)CC1.Cl. The van der Waals surface area contributed by atoms with E-state index < -0.39 is 17.6 Å². The second kappa shape index (κ2) is 6.99. The first kappa shape index (κ1) is 16.9. The molecule has 0 amide bonds. The van der Waals surface area contributed by atoms with Gasteiger partial charge in [-0.3, -0.25) is 9.69 Å². The van der Waals surface area contributed by atoms with Gasteiger partial charge in [0.25, 0.3) is 0 Å². The van der Waals surface area contributed by atoms with Gasteiger partial charge in [-0.15, -0.1) is 12.4 Å². The van der Waals surface area contributed by atoms with Crippen LogP contribution in [0, 0.1) is 17.6 Å². The molecule has 0 aliphatic carbocycles. The van der Waals surface area contributed by atoms with Crippen LogP contribution in [0.3, 0.4) is 0 Å². The molecule has 0 bridgehead atoms. The van der Waals surface area contributed by atoms with Crippen LogP contribution in [0.1, 0.15) is 31.4 Å². The molecular formula is C14H18ClF2NO2. The van der Waals surface area contributed by atoms with Crippen molar-refractivity contribution in [1.29, 1.82) is 0 Å². The molecule has 1 atom stereocenters. The van der Waals surface area contributed by atoms with Crippen molar-refractivity contribution in [3.8, 4) is 0 Å². The average Bonchev–Trinajstić information content (AvgIpc) is 2.38. The Bertz CT molecular complexity index is 456. The summed E-state index contributed by atoms with van der Waals surface area (Å²) in [6.07, 6.45) is 1.05. The minimum Gasteiger partial charge on any atom is -0.481 e. The number of piperidine rings is 1. The van der Waals surface area contributed by atoms with Gasteiger partial charge in [0, 0.05) is 11.6 Å². The normalized spacial score (nSPS) is 18.4. The quantitative estimate of drug-likeness (QED) is 0.932. The van der Waals surface area contributed by atoms with Gasteiger partial charge in [-0.25, -0.2) is 8.78 Å². The van der Waals surface area contributed by atoms with Crippen LogP contribution in [0.15, 0.2) is 18.2 Å². The monoisotopic (exact) mass is 305 g/mol. The van der Waals surface area contributed by atoms with Gasteiger partial charge in [-0.1, -0.05) is 6.07 Å². The number of hydrogen-bond acceptors (Lipinski definition) is 2. The molecule has 1 aliphatic rings. The summed E-state index contributed by atoms with van der Waals surface area (Å²) >= 11 is 0. The number of aliphatic carboxylic acids is 1. The van der Waals surface area contributed by atoms with Crippen molar-refractivity contribution in [3.05, 3.63) is 35.4 Å². The van der Waals surface area contributed by atoms with Crippen molar-refractivity contribution in [2.75, 3.05) is 13.1 Å². The fourth-order valence-electron chi connectivity index (χ4n) is 2.63. The van der Waals surface area contributed by atoms with E-state index in [2.05, 4.69) is 0 Å². The van der Waals surface area contributed by atoms with E-state index in [-0.39, 0.29) is 29.9 Å². The van der Waals surface area contributed by atoms with Crippen LogP contribution in [0.5, 0.6) is 0 Å². The summed E-state index contributed by atoms with van der Waals surface area (Å²) in [5.74, 6) is -2.22. The minimum atomic E-state index is -0.788. The van der Waals surface area contributed by atoms with Crippen LogP contribution in [-0.2, 0) is 4.79 Å². The predicted molar refractivity (Wildman–Crippen MR) is 74.0 cm³/mol. The highest BCUT2D eigenvalue weighted by atomic mass is 35.5. The summed E-state index contributed by atoms with van der Waals surface area (Å²) in [7, 11) is 0. The Morgan fingerprint density at radius 2 is 1.80 bits per heavy atom. The Morgan fingerprint density at radius 3 is 2.25 bits per heavy atom. The highest BCUT2D eigenvalue weighted by Crippen LogP contribution is 2.29. The standard InChI is InChI=1S/C14H17F2NO2.ClH/c1-9(13-11(15)3-2-4-12(13)16)17-7-5-10(6-8-17)14(18)19;/h2-4,9-10H,5-8H2,1H3,(H,18,19);1H. The van der Waals surface area contributed by atoms with E-state index in [1.807, 2.05) is 4.90 Å². The van der Waals surface area contributed by atoms with Gasteiger partial charge in [0.05, 0.1) is 5.92 Å². The molecule has 0 saturated carbocycles. The number of benzene rings is 1. The number of carboxylic acid groups (broad SMARTS) is 1. The molecule has 112 valence electrons. The van der Waals surface area contributed by atoms with Crippen LogP contribution in [0.4, 0.5) is 8.78 Å². The molecule has 1 aromatic rings. The summed E-state index contributed by atoms with van der Waals surface area (Å²) in [4.78, 5) is 12.8. The molecule has 1 saturated heterocycles. The molecule has 1 heterocycles. The van der Waals surface area contributed by atoms with E-state index in [1.165, 1.54) is 18.2 Å². The highest BCUT2D eigenvalue weighted by molar-refractivity contribution is 5.85. The molecular weight excluding hydrogens is 288 g/mol. The molecule has 3 nitrogen and oxygen atoms in total. The van der Waals surface area contributed by atoms with Gasteiger partial charge in [-0.2, -0.15) is 0 Å². The van der Waals surface area contributed by atoms with Crippen LogP contribution in [0.25, 0.3) is 0 Å². The molecule has 0 aromatic heterocycles. The Labute approximate surface area is 123 Å². The van der Waals surface area contributed by atoms with Gasteiger partial charge < -0.3 is 5.11 Å². The van der Waals surface area contributed by atoms with Crippen molar-refractivity contribution >= 4 is 18.4 Å². The second-order valence-corrected chi connectivity index (χ2v) is 4.96. The number of carbonyl (C=O) groups is 1. The summed E-state index contributed by atoms with van der Waals surface area (Å²) in [5, 5.41) is 8.93. The van der Waals surface area contributed by atoms with Gasteiger partial charge in [0.1, 0.15) is 11.6 Å². The average molecular weight is 306 g/mol. The molecule has 1 unspecified atom stereocenters. The maximum atomic E-state index is 13.7. The molecule has 6 heteroatoms. The smallest absolute Gasteiger partial charge is 0.306 e. The summed E-state index contributed by atoms with van der Waals surface area (Å²) < 4.78 is 27.4. The predicted octanol–water partition coefficient (Wildman–Crippen LogP) is 3.24. The zero-order valence-corrected chi connectivity index (χ0v) is 12.0. The maximum Gasteiger partial charge on any atom is 0.306 e. The molecule has 20 heavy (non-hydrogen) atoms. The van der Waals surface area contributed by atoms with Crippen LogP contribution in [-0.4, -0.2) is 29.1 Å². The van der Waals surface area contributed by atoms with Crippen molar-refractivity contribution in [1.82, 2.24) is 4.90 Å². The number of hydrogen-bond donors (Lipinski definition) is 1. The molecule has 1 aromatic carbocycles. The van der Waals surface area contributed by atoms with Crippen LogP contribution < -0.4 is 0 Å². The van der Waals surface area contributed by atoms with E-state index in [9.17, 15) is 13.6 Å². The van der Waals surface area contributed by atoms with Gasteiger partial charge >= 0.3 is 5.97 Å². The lowest BCUT2D eigenvalue weighted by Crippen LogP contribution is -2.38. The number of likely N-dealkylation sites (tertiary alicyclic amines) is 1. The first-order chi connectivity index (χ1) is 9.00. The number of carboxylic acids is 1. The zero-order valence-electron chi connectivity index (χ0n) is 11.2. The summed E-state index contributed by atoms with van der Waals surface area (Å²) in [5.41, 5.74) is 0.0660. The summed E-state index contributed by atoms with van der Waals surface area (Å²) in [6, 6.07) is 3.46. The van der Waals surface area contributed by atoms with Gasteiger partial charge in [0.15, 0.2) is 0 Å². The van der Waals surface area contributed by atoms with E-state index in [4.69, 9.17) is 5.11 Å². The second-order valence-electron chi connectivity index (χ2n) is 4.96. The molecule has 1 fully saturated rings. The molecule has 0 spiro atoms. The zero-order chi connectivity index (χ0) is 14.0. The van der Waals surface area contributed by atoms with Crippen molar-refractivity contribution in [3.63, 3.8) is 0 Å². The fourth-order valence-corrected chi connectivity index (χ4v) is 2.63. The van der Waals surface area contributed by atoms with Crippen molar-refractivity contribution in [2.45, 2.75) is 25.8 Å². The van der Waals surface area contributed by atoms with Gasteiger partial charge in [0.2, 0.25) is 0 Å². The van der Waals surface area contributed by atoms with E-state index in [1.54, 1.807) is 6.92 Å². The maximum absolute atomic E-state index is 13.7. The molecule has 2 rings (SSSR count). The fraction of sp³-hybridized carbons (Fsp3) is 0.500. The first-order valence-electron chi connectivity index (χ1n) is 6.41. The Balaban J connectivity index is 0.00000200. The van der Waals surface area contributed by atoms with Crippen LogP contribution in [0.2, 0.25) is 0 Å². The third-order valence-electron chi connectivity index (χ3n) is 3.84. The van der Waals surface area contributed by atoms with E-state index in [0.717, 1.165) is 0 Å². The number of rotatable bonds is 3. The lowest BCUT2D eigenvalue weighted by atomic mass is 9.94. The lowest BCUT2D eigenvalue weighted by molar-refractivity contribution is -0.143. The Kier molecular flexibility index (Phi) is 5.89. The number of halogens is 3. The van der Waals surface area contributed by atoms with Crippen molar-refractivity contribution < 1.29 is 18.7 Å². The summed E-state index contributed by atoms with van der Waals surface area (Å²) in [6.45, 7) is 2.85. The minimum absolute atomic E-state index is 0. The topological polar surface area (TPSA) is 40.5 Å². The van der Waals surface area contributed by atoms with Gasteiger partial charge in [-0.05, 0) is 45.0 Å². The highest BCUT2D eigenvalue weighted by Gasteiger charge is 2.29. The number of nitrogens with zero attached hydrogens (tertiary/aromatic N) is 1. The molecule has 0 radical (unpaired) electrons. The molecule has 1 aliphatic heterocycles. The van der Waals surface area contributed by atoms with E-state index in [0.29, 0.717) is 25.9 Å². The third kappa shape index (κ3) is 3.46. The Morgan fingerprint density at radius 1 is 1.30 bits per heavy atom. The van der Waals surface area contributed by atoms with Crippen LogP contribution >= 0.6 is 12.4 Å². The largest absolute Gasteiger partial charge is 0.481 e. The lowest BCUT2D eigenvalue weighted by Gasteiger charge is -2.35. The van der Waals surface area contributed by atoms with Crippen molar-refractivity contribution in [2.24, 2.45) is 5.92 Å². The van der Waals surface area contributed by atoms with E-state index >= 15 is 0 Å². The third-order valence-corrected chi connectivity index (χ3v) is 3.84. The first-order valence-corrected chi connectivity index (χ1v) is 6.41.